The zero-order valence-electron chi connectivity index (χ0n) is 10.3. The zero-order chi connectivity index (χ0) is 15.6. The largest absolute Gasteiger partial charge is 0.506 e. The molecule has 2 aromatic carbocycles. The molecule has 0 unspecified atom stereocenters. The molecule has 21 heavy (non-hydrogen) atoms. The van der Waals surface area contributed by atoms with Gasteiger partial charge in [0.05, 0.1) is 16.2 Å². The van der Waals surface area contributed by atoms with Gasteiger partial charge in [-0.2, -0.15) is 0 Å². The minimum absolute atomic E-state index is 0.280. The standard InChI is InChI=1S/C13H8F2N2O4/c14-7-1-3-10(15)9(5-7)13(19)16-11-6-8(17(20)21)2-4-12(11)18/h1-6,18H,(H,16,19). The van der Waals surface area contributed by atoms with Crippen LogP contribution in [0.2, 0.25) is 0 Å². The van der Waals surface area contributed by atoms with E-state index < -0.39 is 33.8 Å². The normalized spacial score (nSPS) is 10.2. The molecule has 0 heterocycles. The number of rotatable bonds is 3. The number of halogens is 2. The summed E-state index contributed by atoms with van der Waals surface area (Å²) < 4.78 is 26.4. The Labute approximate surface area is 116 Å². The molecular weight excluding hydrogens is 286 g/mol. The topological polar surface area (TPSA) is 92.5 Å². The summed E-state index contributed by atoms with van der Waals surface area (Å²) in [4.78, 5) is 21.7. The van der Waals surface area contributed by atoms with E-state index in [0.29, 0.717) is 6.07 Å². The highest BCUT2D eigenvalue weighted by Gasteiger charge is 2.16. The maximum Gasteiger partial charge on any atom is 0.271 e. The van der Waals surface area contributed by atoms with Crippen molar-refractivity contribution in [1.29, 1.82) is 0 Å². The predicted molar refractivity (Wildman–Crippen MR) is 69.1 cm³/mol. The number of hydrogen-bond acceptors (Lipinski definition) is 4. The van der Waals surface area contributed by atoms with Gasteiger partial charge in [-0.1, -0.05) is 0 Å². The second-order valence-corrected chi connectivity index (χ2v) is 4.04. The fourth-order valence-electron chi connectivity index (χ4n) is 1.60. The van der Waals surface area contributed by atoms with Gasteiger partial charge in [0.15, 0.2) is 0 Å². The van der Waals surface area contributed by atoms with E-state index in [0.717, 1.165) is 30.3 Å². The van der Waals surface area contributed by atoms with E-state index in [2.05, 4.69) is 5.32 Å². The fraction of sp³-hybridized carbons (Fsp3) is 0. The maximum absolute atomic E-state index is 13.4. The number of phenolic OH excluding ortho intramolecular Hbond substituents is 1. The number of nitro benzene ring substituents is 1. The average molecular weight is 294 g/mol. The molecule has 6 nitrogen and oxygen atoms in total. The molecule has 0 bridgehead atoms. The lowest BCUT2D eigenvalue weighted by molar-refractivity contribution is -0.384. The smallest absolute Gasteiger partial charge is 0.271 e. The molecule has 0 fully saturated rings. The SMILES string of the molecule is O=C(Nc1cc([N+](=O)[O-])ccc1O)c1cc(F)ccc1F. The van der Waals surface area contributed by atoms with Crippen molar-refractivity contribution in [3.63, 3.8) is 0 Å². The summed E-state index contributed by atoms with van der Waals surface area (Å²) in [6, 6.07) is 5.25. The first kappa shape index (κ1) is 14.4. The molecule has 0 atom stereocenters. The molecule has 0 aliphatic rings. The molecule has 2 aromatic rings. The molecule has 0 aliphatic carbocycles. The van der Waals surface area contributed by atoms with Crippen LogP contribution in [0, 0.1) is 21.7 Å². The van der Waals surface area contributed by atoms with Crippen molar-refractivity contribution >= 4 is 17.3 Å². The zero-order valence-corrected chi connectivity index (χ0v) is 10.3. The molecule has 0 radical (unpaired) electrons. The number of non-ortho nitro benzene ring substituents is 1. The van der Waals surface area contributed by atoms with Crippen LogP contribution in [0.1, 0.15) is 10.4 Å². The Kier molecular flexibility index (Phi) is 3.79. The first-order valence-electron chi connectivity index (χ1n) is 5.62. The second-order valence-electron chi connectivity index (χ2n) is 4.04. The molecule has 2 N–H and O–H groups in total. The van der Waals surface area contributed by atoms with E-state index in [9.17, 15) is 28.8 Å². The van der Waals surface area contributed by atoms with Crippen LogP contribution in [-0.4, -0.2) is 15.9 Å². The van der Waals surface area contributed by atoms with Crippen molar-refractivity contribution in [3.8, 4) is 5.75 Å². The van der Waals surface area contributed by atoms with Gasteiger partial charge in [-0.15, -0.1) is 0 Å². The third kappa shape index (κ3) is 3.11. The summed E-state index contributed by atoms with van der Waals surface area (Å²) in [5.41, 5.74) is -1.23. The summed E-state index contributed by atoms with van der Waals surface area (Å²) in [5.74, 6) is -3.25. The van der Waals surface area contributed by atoms with Crippen molar-refractivity contribution in [2.75, 3.05) is 5.32 Å². The van der Waals surface area contributed by atoms with E-state index >= 15 is 0 Å². The quantitative estimate of drug-likeness (QED) is 0.517. The molecule has 0 aromatic heterocycles. The number of nitrogens with zero attached hydrogens (tertiary/aromatic N) is 1. The predicted octanol–water partition coefficient (Wildman–Crippen LogP) is 2.83. The Balaban J connectivity index is 2.33. The number of carbonyl (C=O) groups is 1. The number of hydrogen-bond donors (Lipinski definition) is 2. The van der Waals surface area contributed by atoms with E-state index in [1.54, 1.807) is 0 Å². The fourth-order valence-corrected chi connectivity index (χ4v) is 1.60. The van der Waals surface area contributed by atoms with Crippen molar-refractivity contribution in [2.45, 2.75) is 0 Å². The van der Waals surface area contributed by atoms with Gasteiger partial charge in [0.1, 0.15) is 17.4 Å². The minimum Gasteiger partial charge on any atom is -0.506 e. The Morgan fingerprint density at radius 2 is 1.90 bits per heavy atom. The summed E-state index contributed by atoms with van der Waals surface area (Å²) in [6.45, 7) is 0. The maximum atomic E-state index is 13.4. The lowest BCUT2D eigenvalue weighted by Crippen LogP contribution is -2.14. The van der Waals surface area contributed by atoms with Crippen LogP contribution in [0.5, 0.6) is 5.75 Å². The monoisotopic (exact) mass is 294 g/mol. The van der Waals surface area contributed by atoms with Gasteiger partial charge < -0.3 is 10.4 Å². The van der Waals surface area contributed by atoms with Gasteiger partial charge in [0.2, 0.25) is 0 Å². The lowest BCUT2D eigenvalue weighted by atomic mass is 10.2. The van der Waals surface area contributed by atoms with Crippen LogP contribution in [0.4, 0.5) is 20.2 Å². The van der Waals surface area contributed by atoms with Crippen LogP contribution >= 0.6 is 0 Å². The minimum atomic E-state index is -1.04. The summed E-state index contributed by atoms with van der Waals surface area (Å²) in [6.07, 6.45) is 0. The van der Waals surface area contributed by atoms with Crippen molar-refractivity contribution in [3.05, 3.63) is 63.7 Å². The lowest BCUT2D eigenvalue weighted by Gasteiger charge is -2.08. The van der Waals surface area contributed by atoms with Crippen LogP contribution in [0.15, 0.2) is 36.4 Å². The number of aromatic hydroxyl groups is 1. The number of benzene rings is 2. The van der Waals surface area contributed by atoms with Gasteiger partial charge >= 0.3 is 0 Å². The molecular formula is C13H8F2N2O4. The molecule has 1 amide bonds. The van der Waals surface area contributed by atoms with Crippen LogP contribution in [0.3, 0.4) is 0 Å². The number of phenols is 1. The molecule has 108 valence electrons. The molecule has 0 saturated heterocycles. The number of nitro groups is 1. The van der Waals surface area contributed by atoms with Gasteiger partial charge in [-0.3, -0.25) is 14.9 Å². The van der Waals surface area contributed by atoms with Crippen molar-refractivity contribution in [1.82, 2.24) is 0 Å². The molecule has 8 heteroatoms. The first-order chi connectivity index (χ1) is 9.88. The van der Waals surface area contributed by atoms with Gasteiger partial charge in [-0.05, 0) is 24.3 Å². The van der Waals surface area contributed by atoms with E-state index in [4.69, 9.17) is 0 Å². The number of anilines is 1. The molecule has 2 rings (SSSR count). The average Bonchev–Trinajstić information content (AvgIpc) is 2.43. The third-order valence-corrected chi connectivity index (χ3v) is 2.61. The summed E-state index contributed by atoms with van der Waals surface area (Å²) in [7, 11) is 0. The van der Waals surface area contributed by atoms with Crippen LogP contribution in [0.25, 0.3) is 0 Å². The highest BCUT2D eigenvalue weighted by Crippen LogP contribution is 2.28. The molecule has 0 spiro atoms. The highest BCUT2D eigenvalue weighted by molar-refractivity contribution is 6.05. The van der Waals surface area contributed by atoms with E-state index in [1.165, 1.54) is 0 Å². The summed E-state index contributed by atoms with van der Waals surface area (Å²) >= 11 is 0. The Morgan fingerprint density at radius 3 is 2.57 bits per heavy atom. The molecule has 0 aliphatic heterocycles. The summed E-state index contributed by atoms with van der Waals surface area (Å²) in [5, 5.41) is 22.2. The number of carbonyl (C=O) groups excluding carboxylic acids is 1. The second kappa shape index (κ2) is 5.53. The van der Waals surface area contributed by atoms with Gasteiger partial charge in [-0.25, -0.2) is 8.78 Å². The Morgan fingerprint density at radius 1 is 1.19 bits per heavy atom. The third-order valence-electron chi connectivity index (χ3n) is 2.61. The molecule has 0 saturated carbocycles. The van der Waals surface area contributed by atoms with Gasteiger partial charge in [0.25, 0.3) is 11.6 Å². The number of nitrogens with one attached hydrogen (secondary N) is 1. The number of amides is 1. The van der Waals surface area contributed by atoms with Crippen molar-refractivity contribution in [2.24, 2.45) is 0 Å². The van der Waals surface area contributed by atoms with Gasteiger partial charge in [0, 0.05) is 12.1 Å². The Hall–Kier alpha value is -3.03. The first-order valence-corrected chi connectivity index (χ1v) is 5.62. The van der Waals surface area contributed by atoms with Crippen LogP contribution < -0.4 is 5.32 Å². The highest BCUT2D eigenvalue weighted by atomic mass is 19.1. The Bertz CT molecular complexity index is 734. The van der Waals surface area contributed by atoms with E-state index in [-0.39, 0.29) is 11.4 Å². The van der Waals surface area contributed by atoms with Crippen LogP contribution in [-0.2, 0) is 0 Å². The van der Waals surface area contributed by atoms with Crippen molar-refractivity contribution < 1.29 is 23.6 Å². The van der Waals surface area contributed by atoms with E-state index in [1.807, 2.05) is 0 Å².